The Kier molecular flexibility index (Phi) is 3.12. The predicted octanol–water partition coefficient (Wildman–Crippen LogP) is 2.09. The Morgan fingerprint density at radius 2 is 2.17 bits per heavy atom. The number of rotatable bonds is 2. The summed E-state index contributed by atoms with van der Waals surface area (Å²) >= 11 is 3.46. The van der Waals surface area contributed by atoms with Crippen molar-refractivity contribution in [3.8, 4) is 0 Å². The standard InChI is InChI=1S/C9H13BrN2/c1-6(5-11)8-4-7(12)2-3-9(8)10/h2-4,6H,5,11-12H2,1H3. The van der Waals surface area contributed by atoms with Crippen LogP contribution in [-0.4, -0.2) is 6.54 Å². The van der Waals surface area contributed by atoms with Crippen molar-refractivity contribution in [2.75, 3.05) is 12.3 Å². The van der Waals surface area contributed by atoms with Gasteiger partial charge in [0.15, 0.2) is 0 Å². The van der Waals surface area contributed by atoms with E-state index < -0.39 is 0 Å². The maximum atomic E-state index is 5.66. The van der Waals surface area contributed by atoms with Crippen molar-refractivity contribution in [1.82, 2.24) is 0 Å². The number of halogens is 1. The Labute approximate surface area is 81.1 Å². The zero-order valence-corrected chi connectivity index (χ0v) is 8.64. The molecule has 66 valence electrons. The molecule has 12 heavy (non-hydrogen) atoms. The molecule has 0 saturated heterocycles. The van der Waals surface area contributed by atoms with Crippen LogP contribution in [-0.2, 0) is 0 Å². The number of anilines is 1. The summed E-state index contributed by atoms with van der Waals surface area (Å²) in [5, 5.41) is 0. The minimum Gasteiger partial charge on any atom is -0.399 e. The van der Waals surface area contributed by atoms with E-state index in [1.165, 1.54) is 5.56 Å². The molecule has 0 spiro atoms. The van der Waals surface area contributed by atoms with Gasteiger partial charge in [0.2, 0.25) is 0 Å². The number of nitrogen functional groups attached to an aromatic ring is 1. The average molecular weight is 229 g/mol. The molecule has 3 heteroatoms. The number of hydrogen-bond donors (Lipinski definition) is 2. The molecule has 1 unspecified atom stereocenters. The molecule has 1 aromatic carbocycles. The normalized spacial score (nSPS) is 12.9. The van der Waals surface area contributed by atoms with Crippen LogP contribution < -0.4 is 11.5 Å². The number of benzene rings is 1. The Hall–Kier alpha value is -0.540. The Bertz CT molecular complexity index is 273. The van der Waals surface area contributed by atoms with Crippen molar-refractivity contribution >= 4 is 21.6 Å². The summed E-state index contributed by atoms with van der Waals surface area (Å²) in [6, 6.07) is 5.79. The summed E-state index contributed by atoms with van der Waals surface area (Å²) in [4.78, 5) is 0. The maximum absolute atomic E-state index is 5.66. The largest absolute Gasteiger partial charge is 0.399 e. The van der Waals surface area contributed by atoms with Crippen LogP contribution in [0, 0.1) is 0 Å². The van der Waals surface area contributed by atoms with Crippen LogP contribution in [0.15, 0.2) is 22.7 Å². The van der Waals surface area contributed by atoms with Gasteiger partial charge in [-0.15, -0.1) is 0 Å². The van der Waals surface area contributed by atoms with Crippen molar-refractivity contribution < 1.29 is 0 Å². The average Bonchev–Trinajstić information content (AvgIpc) is 2.08. The van der Waals surface area contributed by atoms with Gasteiger partial charge < -0.3 is 11.5 Å². The molecule has 1 aromatic rings. The molecule has 1 rings (SSSR count). The lowest BCUT2D eigenvalue weighted by molar-refractivity contribution is 0.771. The molecular weight excluding hydrogens is 216 g/mol. The molecule has 0 heterocycles. The molecule has 0 aromatic heterocycles. The highest BCUT2D eigenvalue weighted by atomic mass is 79.9. The van der Waals surface area contributed by atoms with Crippen LogP contribution in [0.3, 0.4) is 0 Å². The van der Waals surface area contributed by atoms with Gasteiger partial charge >= 0.3 is 0 Å². The molecule has 0 radical (unpaired) electrons. The van der Waals surface area contributed by atoms with Gasteiger partial charge in [0.1, 0.15) is 0 Å². The van der Waals surface area contributed by atoms with E-state index in [9.17, 15) is 0 Å². The first-order chi connectivity index (χ1) is 5.65. The Morgan fingerprint density at radius 3 is 2.75 bits per heavy atom. The van der Waals surface area contributed by atoms with Crippen LogP contribution in [0.5, 0.6) is 0 Å². The fourth-order valence-electron chi connectivity index (χ4n) is 1.07. The first kappa shape index (κ1) is 9.55. The summed E-state index contributed by atoms with van der Waals surface area (Å²) in [5.41, 5.74) is 13.2. The molecule has 0 aliphatic heterocycles. The zero-order valence-electron chi connectivity index (χ0n) is 7.05. The van der Waals surface area contributed by atoms with E-state index in [4.69, 9.17) is 11.5 Å². The molecule has 0 amide bonds. The third-order valence-electron chi connectivity index (χ3n) is 1.90. The van der Waals surface area contributed by atoms with Crippen LogP contribution in [0.25, 0.3) is 0 Å². The van der Waals surface area contributed by atoms with Crippen LogP contribution >= 0.6 is 15.9 Å². The topological polar surface area (TPSA) is 52.0 Å². The molecule has 1 atom stereocenters. The molecule has 0 bridgehead atoms. The van der Waals surface area contributed by atoms with Gasteiger partial charge in [-0.05, 0) is 36.2 Å². The summed E-state index contributed by atoms with van der Waals surface area (Å²) in [7, 11) is 0. The van der Waals surface area contributed by atoms with E-state index >= 15 is 0 Å². The third-order valence-corrected chi connectivity index (χ3v) is 2.63. The number of nitrogens with two attached hydrogens (primary N) is 2. The first-order valence-corrected chi connectivity index (χ1v) is 4.69. The van der Waals surface area contributed by atoms with Gasteiger partial charge in [-0.1, -0.05) is 22.9 Å². The second-order valence-corrected chi connectivity index (χ2v) is 3.77. The Balaban J connectivity index is 3.04. The van der Waals surface area contributed by atoms with Gasteiger partial charge in [-0.25, -0.2) is 0 Å². The lowest BCUT2D eigenvalue weighted by Gasteiger charge is -2.11. The lowest BCUT2D eigenvalue weighted by Crippen LogP contribution is -2.09. The van der Waals surface area contributed by atoms with E-state index in [0.717, 1.165) is 10.2 Å². The minimum absolute atomic E-state index is 0.350. The first-order valence-electron chi connectivity index (χ1n) is 3.90. The summed E-state index contributed by atoms with van der Waals surface area (Å²) in [6.45, 7) is 2.72. The maximum Gasteiger partial charge on any atom is 0.0317 e. The van der Waals surface area contributed by atoms with Crippen LogP contribution in [0.2, 0.25) is 0 Å². The summed E-state index contributed by atoms with van der Waals surface area (Å²) in [6.07, 6.45) is 0. The molecular formula is C9H13BrN2. The molecule has 4 N–H and O–H groups in total. The Morgan fingerprint density at radius 1 is 1.50 bits per heavy atom. The van der Waals surface area contributed by atoms with Crippen molar-refractivity contribution in [3.63, 3.8) is 0 Å². The molecule has 0 aliphatic carbocycles. The van der Waals surface area contributed by atoms with Crippen molar-refractivity contribution in [1.29, 1.82) is 0 Å². The summed E-state index contributed by atoms with van der Waals surface area (Å²) < 4.78 is 1.08. The van der Waals surface area contributed by atoms with Gasteiger partial charge in [0.05, 0.1) is 0 Å². The van der Waals surface area contributed by atoms with E-state index in [0.29, 0.717) is 12.5 Å². The quantitative estimate of drug-likeness (QED) is 0.763. The lowest BCUT2D eigenvalue weighted by atomic mass is 10.0. The second-order valence-electron chi connectivity index (χ2n) is 2.92. The van der Waals surface area contributed by atoms with Gasteiger partial charge in [-0.3, -0.25) is 0 Å². The summed E-state index contributed by atoms with van der Waals surface area (Å²) in [5.74, 6) is 0.350. The van der Waals surface area contributed by atoms with Gasteiger partial charge in [-0.2, -0.15) is 0 Å². The fourth-order valence-corrected chi connectivity index (χ4v) is 1.70. The highest BCUT2D eigenvalue weighted by molar-refractivity contribution is 9.10. The van der Waals surface area contributed by atoms with Crippen molar-refractivity contribution in [2.45, 2.75) is 12.8 Å². The van der Waals surface area contributed by atoms with E-state index in [-0.39, 0.29) is 0 Å². The monoisotopic (exact) mass is 228 g/mol. The van der Waals surface area contributed by atoms with Crippen molar-refractivity contribution in [2.24, 2.45) is 5.73 Å². The minimum atomic E-state index is 0.350. The van der Waals surface area contributed by atoms with Gasteiger partial charge in [0, 0.05) is 10.2 Å². The van der Waals surface area contributed by atoms with E-state index in [1.807, 2.05) is 18.2 Å². The van der Waals surface area contributed by atoms with Crippen molar-refractivity contribution in [3.05, 3.63) is 28.2 Å². The molecule has 0 aliphatic rings. The molecule has 0 saturated carbocycles. The predicted molar refractivity (Wildman–Crippen MR) is 56.0 cm³/mol. The number of hydrogen-bond acceptors (Lipinski definition) is 2. The highest BCUT2D eigenvalue weighted by Gasteiger charge is 2.07. The van der Waals surface area contributed by atoms with Crippen LogP contribution in [0.4, 0.5) is 5.69 Å². The van der Waals surface area contributed by atoms with Gasteiger partial charge in [0.25, 0.3) is 0 Å². The SMILES string of the molecule is CC(CN)c1cc(N)ccc1Br. The fraction of sp³-hybridized carbons (Fsp3) is 0.333. The molecule has 0 fully saturated rings. The third kappa shape index (κ3) is 1.99. The van der Waals surface area contributed by atoms with E-state index in [2.05, 4.69) is 22.9 Å². The highest BCUT2D eigenvalue weighted by Crippen LogP contribution is 2.25. The van der Waals surface area contributed by atoms with Crippen LogP contribution in [0.1, 0.15) is 18.4 Å². The second kappa shape index (κ2) is 3.92. The van der Waals surface area contributed by atoms with E-state index in [1.54, 1.807) is 0 Å². The molecule has 2 nitrogen and oxygen atoms in total. The smallest absolute Gasteiger partial charge is 0.0317 e. The zero-order chi connectivity index (χ0) is 9.14.